The summed E-state index contributed by atoms with van der Waals surface area (Å²) in [5, 5.41) is 14.9. The van der Waals surface area contributed by atoms with Crippen LogP contribution in [0.15, 0.2) is 53.9 Å². The van der Waals surface area contributed by atoms with E-state index in [1.165, 1.54) is 24.3 Å². The first kappa shape index (κ1) is 21.1. The Balaban J connectivity index is 1.67. The highest BCUT2D eigenvalue weighted by atomic mass is 19.1. The second-order valence-electron chi connectivity index (χ2n) is 8.13. The SMILES string of the molecule is Cn1cc(C2=NNC(C=O)N2c2cn(CCCCO)c3ccc(F)cc23)c2cc(F)ccc21. The van der Waals surface area contributed by atoms with E-state index in [-0.39, 0.29) is 12.4 Å². The first-order valence-electron chi connectivity index (χ1n) is 10.7. The summed E-state index contributed by atoms with van der Waals surface area (Å²) in [7, 11) is 1.86. The molecule has 0 spiro atoms. The van der Waals surface area contributed by atoms with E-state index in [1.807, 2.05) is 28.6 Å². The lowest BCUT2D eigenvalue weighted by Crippen LogP contribution is -2.41. The summed E-state index contributed by atoms with van der Waals surface area (Å²) in [6.45, 7) is 0.722. The zero-order chi connectivity index (χ0) is 23.1. The van der Waals surface area contributed by atoms with Crippen molar-refractivity contribution in [1.82, 2.24) is 14.6 Å². The van der Waals surface area contributed by atoms with Gasteiger partial charge in [-0.1, -0.05) is 0 Å². The first-order valence-corrected chi connectivity index (χ1v) is 10.7. The highest BCUT2D eigenvalue weighted by molar-refractivity contribution is 6.21. The Kier molecular flexibility index (Phi) is 5.33. The number of aromatic nitrogens is 2. The normalized spacial score (nSPS) is 15.9. The van der Waals surface area contributed by atoms with Crippen LogP contribution in [0.25, 0.3) is 21.8 Å². The van der Waals surface area contributed by atoms with Gasteiger partial charge in [-0.25, -0.2) is 8.78 Å². The van der Waals surface area contributed by atoms with E-state index in [0.29, 0.717) is 40.8 Å². The van der Waals surface area contributed by atoms with Gasteiger partial charge in [0.1, 0.15) is 11.6 Å². The number of carbonyl (C=O) groups is 1. The van der Waals surface area contributed by atoms with Gasteiger partial charge in [-0.15, -0.1) is 0 Å². The molecular formula is C24H23F2N5O2. The van der Waals surface area contributed by atoms with Gasteiger partial charge < -0.3 is 14.2 Å². The van der Waals surface area contributed by atoms with Crippen molar-refractivity contribution in [3.8, 4) is 0 Å². The van der Waals surface area contributed by atoms with Crippen molar-refractivity contribution >= 4 is 39.6 Å². The monoisotopic (exact) mass is 451 g/mol. The lowest BCUT2D eigenvalue weighted by molar-refractivity contribution is -0.109. The Labute approximate surface area is 188 Å². The molecule has 1 unspecified atom stereocenters. The number of hydrogen-bond donors (Lipinski definition) is 2. The number of hydrogen-bond acceptors (Lipinski definition) is 5. The standard InChI is InChI=1S/C24H23F2N5O2/c1-29-12-19(17-10-15(25)4-6-20(17)29)24-28-27-23(14-33)31(24)22-13-30(8-2-3-9-32)21-7-5-16(26)11-18(21)22/h4-7,10-14,23,27,32H,2-3,8-9H2,1H3. The lowest BCUT2D eigenvalue weighted by atomic mass is 10.1. The molecule has 2 N–H and O–H groups in total. The van der Waals surface area contributed by atoms with Crippen molar-refractivity contribution in [2.24, 2.45) is 12.1 Å². The maximum absolute atomic E-state index is 14.3. The largest absolute Gasteiger partial charge is 0.396 e. The van der Waals surface area contributed by atoms with Crippen molar-refractivity contribution < 1.29 is 18.7 Å². The molecular weight excluding hydrogens is 428 g/mol. The number of aldehydes is 1. The topological polar surface area (TPSA) is 74.8 Å². The molecule has 7 nitrogen and oxygen atoms in total. The Morgan fingerprint density at radius 2 is 1.79 bits per heavy atom. The summed E-state index contributed by atoms with van der Waals surface area (Å²) in [4.78, 5) is 13.7. The third-order valence-electron chi connectivity index (χ3n) is 6.02. The molecule has 0 saturated heterocycles. The Hall–Kier alpha value is -3.72. The second kappa shape index (κ2) is 8.32. The number of nitrogens with one attached hydrogen (secondary N) is 1. The van der Waals surface area contributed by atoms with Crippen LogP contribution in [0.3, 0.4) is 0 Å². The fourth-order valence-electron chi connectivity index (χ4n) is 4.48. The maximum atomic E-state index is 14.3. The van der Waals surface area contributed by atoms with E-state index in [9.17, 15) is 13.6 Å². The Morgan fingerprint density at radius 3 is 2.52 bits per heavy atom. The highest BCUT2D eigenvalue weighted by Crippen LogP contribution is 2.35. The van der Waals surface area contributed by atoms with Gasteiger partial charge in [0.05, 0.1) is 11.2 Å². The maximum Gasteiger partial charge on any atom is 0.177 e. The number of unbranched alkanes of at least 4 members (excludes halogenated alkanes) is 1. The number of halogens is 2. The van der Waals surface area contributed by atoms with Crippen LogP contribution in [0, 0.1) is 11.6 Å². The molecule has 1 aliphatic rings. The Bertz CT molecular complexity index is 1390. The molecule has 0 bridgehead atoms. The third kappa shape index (κ3) is 3.54. The van der Waals surface area contributed by atoms with Crippen LogP contribution < -0.4 is 10.3 Å². The molecule has 1 aliphatic heterocycles. The Morgan fingerprint density at radius 1 is 1.06 bits per heavy atom. The van der Waals surface area contributed by atoms with Crippen molar-refractivity contribution in [2.75, 3.05) is 11.5 Å². The summed E-state index contributed by atoms with van der Waals surface area (Å²) in [5.74, 6) is -0.318. The fourth-order valence-corrected chi connectivity index (χ4v) is 4.48. The quantitative estimate of drug-likeness (QED) is 0.333. The van der Waals surface area contributed by atoms with E-state index in [1.54, 1.807) is 17.0 Å². The number of hydrazone groups is 1. The molecule has 4 aromatic rings. The molecule has 0 amide bonds. The third-order valence-corrected chi connectivity index (χ3v) is 6.02. The van der Waals surface area contributed by atoms with Crippen molar-refractivity contribution in [3.63, 3.8) is 0 Å². The van der Waals surface area contributed by atoms with Gasteiger partial charge in [0.25, 0.3) is 0 Å². The molecule has 9 heteroatoms. The molecule has 3 heterocycles. The molecule has 2 aromatic heterocycles. The smallest absolute Gasteiger partial charge is 0.177 e. The molecule has 33 heavy (non-hydrogen) atoms. The molecule has 1 atom stereocenters. The van der Waals surface area contributed by atoms with Gasteiger partial charge >= 0.3 is 0 Å². The van der Waals surface area contributed by atoms with Gasteiger partial charge in [0.15, 0.2) is 18.3 Å². The summed E-state index contributed by atoms with van der Waals surface area (Å²) in [6.07, 6.45) is 5.03. The van der Waals surface area contributed by atoms with Crippen LogP contribution in [0.2, 0.25) is 0 Å². The number of aryl methyl sites for hydroxylation is 2. The summed E-state index contributed by atoms with van der Waals surface area (Å²) < 4.78 is 32.2. The van der Waals surface area contributed by atoms with Crippen LogP contribution >= 0.6 is 0 Å². The summed E-state index contributed by atoms with van der Waals surface area (Å²) in [5.41, 5.74) is 5.74. The van der Waals surface area contributed by atoms with Crippen LogP contribution in [-0.4, -0.2) is 39.1 Å². The van der Waals surface area contributed by atoms with Crippen LogP contribution in [-0.2, 0) is 18.4 Å². The van der Waals surface area contributed by atoms with E-state index in [2.05, 4.69) is 10.5 Å². The number of rotatable bonds is 7. The van der Waals surface area contributed by atoms with Gasteiger partial charge in [-0.3, -0.25) is 15.1 Å². The minimum absolute atomic E-state index is 0.0956. The average Bonchev–Trinajstić information content (AvgIpc) is 3.47. The molecule has 0 aliphatic carbocycles. The molecule has 170 valence electrons. The van der Waals surface area contributed by atoms with E-state index in [0.717, 1.165) is 23.7 Å². The van der Waals surface area contributed by atoms with Crippen molar-refractivity contribution in [2.45, 2.75) is 25.6 Å². The number of anilines is 1. The summed E-state index contributed by atoms with van der Waals surface area (Å²) in [6, 6.07) is 9.08. The highest BCUT2D eigenvalue weighted by Gasteiger charge is 2.33. The molecule has 0 saturated carbocycles. The van der Waals surface area contributed by atoms with Gasteiger partial charge in [-0.05, 0) is 49.2 Å². The number of amidine groups is 1. The van der Waals surface area contributed by atoms with Gasteiger partial charge in [-0.2, -0.15) is 5.10 Å². The zero-order valence-corrected chi connectivity index (χ0v) is 18.0. The number of aliphatic hydroxyl groups is 1. The number of fused-ring (bicyclic) bond motifs is 2. The average molecular weight is 451 g/mol. The minimum Gasteiger partial charge on any atom is -0.396 e. The van der Waals surface area contributed by atoms with Crippen LogP contribution in [0.4, 0.5) is 14.5 Å². The van der Waals surface area contributed by atoms with Gasteiger partial charge in [0, 0.05) is 54.4 Å². The van der Waals surface area contributed by atoms with E-state index < -0.39 is 12.0 Å². The number of nitrogens with zero attached hydrogens (tertiary/aromatic N) is 4. The predicted molar refractivity (Wildman–Crippen MR) is 123 cm³/mol. The summed E-state index contributed by atoms with van der Waals surface area (Å²) >= 11 is 0. The number of carbonyl (C=O) groups excluding carboxylic acids is 1. The molecule has 2 aromatic carbocycles. The van der Waals surface area contributed by atoms with Gasteiger partial charge in [0.2, 0.25) is 0 Å². The minimum atomic E-state index is -0.802. The fraction of sp³-hybridized carbons (Fsp3) is 0.250. The number of aliphatic hydroxyl groups excluding tert-OH is 1. The lowest BCUT2D eigenvalue weighted by Gasteiger charge is -2.23. The molecule has 0 fully saturated rings. The second-order valence-corrected chi connectivity index (χ2v) is 8.13. The predicted octanol–water partition coefficient (Wildman–Crippen LogP) is 3.48. The first-order chi connectivity index (χ1) is 16.0. The number of benzene rings is 2. The van der Waals surface area contributed by atoms with Crippen molar-refractivity contribution in [1.29, 1.82) is 0 Å². The zero-order valence-electron chi connectivity index (χ0n) is 18.0. The van der Waals surface area contributed by atoms with Crippen LogP contribution in [0.1, 0.15) is 18.4 Å². The molecule has 0 radical (unpaired) electrons. The molecule has 5 rings (SSSR count). The van der Waals surface area contributed by atoms with Crippen LogP contribution in [0.5, 0.6) is 0 Å². The van der Waals surface area contributed by atoms with Crippen molar-refractivity contribution in [3.05, 3.63) is 66.0 Å². The van der Waals surface area contributed by atoms with E-state index >= 15 is 0 Å². The van der Waals surface area contributed by atoms with E-state index in [4.69, 9.17) is 5.11 Å².